The Morgan fingerprint density at radius 2 is 1.88 bits per heavy atom. The molecule has 0 atom stereocenters. The maximum Gasteiger partial charge on any atom is 0.123 e. The fourth-order valence-electron chi connectivity index (χ4n) is 3.05. The second kappa shape index (κ2) is 8.79. The van der Waals surface area contributed by atoms with E-state index in [-0.39, 0.29) is 5.82 Å². The molecule has 0 fully saturated rings. The van der Waals surface area contributed by atoms with Crippen molar-refractivity contribution in [3.8, 4) is 0 Å². The van der Waals surface area contributed by atoms with Crippen LogP contribution in [0.5, 0.6) is 0 Å². The minimum absolute atomic E-state index is 0.196. The van der Waals surface area contributed by atoms with E-state index in [9.17, 15) is 4.39 Å². The van der Waals surface area contributed by atoms with E-state index in [1.807, 2.05) is 19.1 Å². The summed E-state index contributed by atoms with van der Waals surface area (Å²) in [4.78, 5) is 0. The molecule has 3 aromatic rings. The van der Waals surface area contributed by atoms with Crippen LogP contribution >= 0.6 is 0 Å². The first-order chi connectivity index (χ1) is 12.3. The first kappa shape index (κ1) is 17.6. The molecule has 0 aliphatic carbocycles. The third kappa shape index (κ3) is 4.68. The van der Waals surface area contributed by atoms with Gasteiger partial charge in [0.25, 0.3) is 0 Å². The molecule has 0 aliphatic heterocycles. The zero-order chi connectivity index (χ0) is 17.5. The molecule has 25 heavy (non-hydrogen) atoms. The van der Waals surface area contributed by atoms with Gasteiger partial charge in [-0.25, -0.2) is 4.39 Å². The minimum Gasteiger partial charge on any atom is -0.382 e. The summed E-state index contributed by atoms with van der Waals surface area (Å²) in [5.41, 5.74) is 3.59. The minimum atomic E-state index is -0.196. The second-order valence-corrected chi connectivity index (χ2v) is 6.15. The molecule has 1 heterocycles. The highest BCUT2D eigenvalue weighted by Gasteiger charge is 2.08. The number of rotatable bonds is 9. The summed E-state index contributed by atoms with van der Waals surface area (Å²) < 4.78 is 20.7. The molecule has 3 nitrogen and oxygen atoms in total. The normalized spacial score (nSPS) is 11.3. The Hall–Kier alpha value is -2.17. The van der Waals surface area contributed by atoms with Crippen molar-refractivity contribution in [1.29, 1.82) is 0 Å². The van der Waals surface area contributed by atoms with Crippen LogP contribution in [-0.2, 0) is 17.8 Å². The van der Waals surface area contributed by atoms with Gasteiger partial charge >= 0.3 is 0 Å². The lowest BCUT2D eigenvalue weighted by Crippen LogP contribution is -2.16. The summed E-state index contributed by atoms with van der Waals surface area (Å²) in [6, 6.07) is 15.1. The van der Waals surface area contributed by atoms with Crippen molar-refractivity contribution in [2.45, 2.75) is 26.4 Å². The number of nitrogens with zero attached hydrogens (tertiary/aromatic N) is 1. The van der Waals surface area contributed by atoms with Crippen LogP contribution in [0, 0.1) is 5.82 Å². The van der Waals surface area contributed by atoms with E-state index in [4.69, 9.17) is 4.74 Å². The molecule has 0 spiro atoms. The highest BCUT2D eigenvalue weighted by molar-refractivity contribution is 5.84. The van der Waals surface area contributed by atoms with E-state index in [0.29, 0.717) is 0 Å². The van der Waals surface area contributed by atoms with Crippen LogP contribution in [0.1, 0.15) is 24.5 Å². The SMILES string of the molecule is CCOCCCNCc1cn(Cc2ccc(F)cc2)c2ccccc12. The number of fused-ring (bicyclic) bond motifs is 1. The van der Waals surface area contributed by atoms with Gasteiger partial charge in [0, 0.05) is 43.4 Å². The first-order valence-corrected chi connectivity index (χ1v) is 8.87. The lowest BCUT2D eigenvalue weighted by Gasteiger charge is -2.05. The highest BCUT2D eigenvalue weighted by Crippen LogP contribution is 2.22. The van der Waals surface area contributed by atoms with Crippen molar-refractivity contribution >= 4 is 10.9 Å². The molecule has 132 valence electrons. The molecule has 0 saturated carbocycles. The zero-order valence-electron chi connectivity index (χ0n) is 14.7. The van der Waals surface area contributed by atoms with Crippen LogP contribution in [0.2, 0.25) is 0 Å². The summed E-state index contributed by atoms with van der Waals surface area (Å²) in [5.74, 6) is -0.196. The Bertz CT molecular complexity index is 795. The van der Waals surface area contributed by atoms with Crippen LogP contribution in [0.25, 0.3) is 10.9 Å². The maximum atomic E-state index is 13.1. The number of halogens is 1. The third-order valence-corrected chi connectivity index (χ3v) is 4.30. The maximum absolute atomic E-state index is 13.1. The van der Waals surface area contributed by atoms with Crippen molar-refractivity contribution in [2.75, 3.05) is 19.8 Å². The van der Waals surface area contributed by atoms with E-state index in [0.717, 1.165) is 44.8 Å². The van der Waals surface area contributed by atoms with E-state index in [1.165, 1.54) is 28.6 Å². The first-order valence-electron chi connectivity index (χ1n) is 8.87. The quantitative estimate of drug-likeness (QED) is 0.586. The fourth-order valence-corrected chi connectivity index (χ4v) is 3.05. The molecule has 0 saturated heterocycles. The van der Waals surface area contributed by atoms with Gasteiger partial charge in [0.05, 0.1) is 0 Å². The number of para-hydroxylation sites is 1. The van der Waals surface area contributed by atoms with Crippen LogP contribution < -0.4 is 5.32 Å². The third-order valence-electron chi connectivity index (χ3n) is 4.30. The highest BCUT2D eigenvalue weighted by atomic mass is 19.1. The zero-order valence-corrected chi connectivity index (χ0v) is 14.7. The molecule has 1 N–H and O–H groups in total. The molecule has 1 aromatic heterocycles. The topological polar surface area (TPSA) is 26.2 Å². The van der Waals surface area contributed by atoms with Crippen LogP contribution in [0.4, 0.5) is 4.39 Å². The largest absolute Gasteiger partial charge is 0.382 e. The van der Waals surface area contributed by atoms with Gasteiger partial charge in [0.15, 0.2) is 0 Å². The summed E-state index contributed by atoms with van der Waals surface area (Å²) in [7, 11) is 0. The number of hydrogen-bond acceptors (Lipinski definition) is 2. The molecule has 2 aromatic carbocycles. The fraction of sp³-hybridized carbons (Fsp3) is 0.333. The van der Waals surface area contributed by atoms with Gasteiger partial charge in [0.1, 0.15) is 5.82 Å². The Morgan fingerprint density at radius 3 is 2.68 bits per heavy atom. The van der Waals surface area contributed by atoms with E-state index >= 15 is 0 Å². The number of benzene rings is 2. The van der Waals surface area contributed by atoms with Gasteiger partial charge in [-0.05, 0) is 49.2 Å². The van der Waals surface area contributed by atoms with Gasteiger partial charge in [-0.15, -0.1) is 0 Å². The van der Waals surface area contributed by atoms with Gasteiger partial charge in [0.2, 0.25) is 0 Å². The van der Waals surface area contributed by atoms with Crippen LogP contribution in [0.15, 0.2) is 54.7 Å². The average Bonchev–Trinajstić information content (AvgIpc) is 2.98. The van der Waals surface area contributed by atoms with Crippen molar-refractivity contribution in [3.63, 3.8) is 0 Å². The summed E-state index contributed by atoms with van der Waals surface area (Å²) >= 11 is 0. The number of hydrogen-bond donors (Lipinski definition) is 1. The van der Waals surface area contributed by atoms with Crippen molar-refractivity contribution in [3.05, 3.63) is 71.7 Å². The molecule has 0 bridgehead atoms. The Kier molecular flexibility index (Phi) is 6.20. The summed E-state index contributed by atoms with van der Waals surface area (Å²) in [5, 5.41) is 4.76. The van der Waals surface area contributed by atoms with Crippen molar-refractivity contribution < 1.29 is 9.13 Å². The van der Waals surface area contributed by atoms with Gasteiger partial charge in [-0.3, -0.25) is 0 Å². The number of aromatic nitrogens is 1. The molecule has 0 aliphatic rings. The molecule has 0 unspecified atom stereocenters. The number of nitrogens with one attached hydrogen (secondary N) is 1. The Morgan fingerprint density at radius 1 is 1.08 bits per heavy atom. The predicted octanol–water partition coefficient (Wildman–Crippen LogP) is 4.34. The van der Waals surface area contributed by atoms with Gasteiger partial charge in [-0.2, -0.15) is 0 Å². The monoisotopic (exact) mass is 340 g/mol. The van der Waals surface area contributed by atoms with E-state index in [1.54, 1.807) is 0 Å². The molecular weight excluding hydrogens is 315 g/mol. The van der Waals surface area contributed by atoms with Crippen LogP contribution in [0.3, 0.4) is 0 Å². The smallest absolute Gasteiger partial charge is 0.123 e. The number of ether oxygens (including phenoxy) is 1. The average molecular weight is 340 g/mol. The standard InChI is InChI=1S/C21H25FN2O/c1-2-25-13-5-12-23-14-18-16-24(21-7-4-3-6-20(18)21)15-17-8-10-19(22)11-9-17/h3-4,6-11,16,23H,2,5,12-15H2,1H3. The molecule has 0 amide bonds. The van der Waals surface area contributed by atoms with E-state index < -0.39 is 0 Å². The van der Waals surface area contributed by atoms with Crippen molar-refractivity contribution in [2.24, 2.45) is 0 Å². The summed E-state index contributed by atoms with van der Waals surface area (Å²) in [6.45, 7) is 6.11. The molecule has 0 radical (unpaired) electrons. The predicted molar refractivity (Wildman–Crippen MR) is 100 cm³/mol. The van der Waals surface area contributed by atoms with Crippen LogP contribution in [-0.4, -0.2) is 24.3 Å². The molecule has 4 heteroatoms. The van der Waals surface area contributed by atoms with Gasteiger partial charge < -0.3 is 14.6 Å². The Labute approximate surface area is 148 Å². The lowest BCUT2D eigenvalue weighted by molar-refractivity contribution is 0.144. The molecule has 3 rings (SSSR count). The molecular formula is C21H25FN2O. The van der Waals surface area contributed by atoms with Crippen molar-refractivity contribution in [1.82, 2.24) is 9.88 Å². The second-order valence-electron chi connectivity index (χ2n) is 6.15. The van der Waals surface area contributed by atoms with E-state index in [2.05, 4.69) is 40.3 Å². The lowest BCUT2D eigenvalue weighted by atomic mass is 10.2. The Balaban J connectivity index is 1.70. The summed E-state index contributed by atoms with van der Waals surface area (Å²) in [6.07, 6.45) is 3.21. The van der Waals surface area contributed by atoms with Gasteiger partial charge in [-0.1, -0.05) is 30.3 Å².